The number of fused-ring (bicyclic) bond motifs is 1. The summed E-state index contributed by atoms with van der Waals surface area (Å²) in [6.45, 7) is 1.57. The van der Waals surface area contributed by atoms with Gasteiger partial charge in [-0.2, -0.15) is 0 Å². The maximum absolute atomic E-state index is 13.6. The summed E-state index contributed by atoms with van der Waals surface area (Å²) in [6.07, 6.45) is 0.962. The van der Waals surface area contributed by atoms with E-state index in [1.54, 1.807) is 12.1 Å². The summed E-state index contributed by atoms with van der Waals surface area (Å²) in [5.41, 5.74) is 1.30. The maximum Gasteiger partial charge on any atom is 0.303 e. The van der Waals surface area contributed by atoms with Crippen molar-refractivity contribution in [1.82, 2.24) is 0 Å². The Morgan fingerprint density at radius 3 is 2.80 bits per heavy atom. The molecule has 0 radical (unpaired) electrons. The summed E-state index contributed by atoms with van der Waals surface area (Å²) in [4.78, 5) is 11.1. The van der Waals surface area contributed by atoms with Crippen LogP contribution >= 0.6 is 0 Å². The van der Waals surface area contributed by atoms with E-state index in [4.69, 9.17) is 14.6 Å². The van der Waals surface area contributed by atoms with Gasteiger partial charge in [-0.3, -0.25) is 4.79 Å². The summed E-state index contributed by atoms with van der Waals surface area (Å²) in [5.74, 6) is 0.505. The van der Waals surface area contributed by atoms with Crippen LogP contribution in [0.3, 0.4) is 0 Å². The van der Waals surface area contributed by atoms with Gasteiger partial charge in [-0.15, -0.1) is 0 Å². The first-order valence-electron chi connectivity index (χ1n) is 6.85. The van der Waals surface area contributed by atoms with Gasteiger partial charge in [0.2, 0.25) is 6.79 Å². The van der Waals surface area contributed by atoms with Gasteiger partial charge in [-0.25, -0.2) is 4.39 Å². The predicted octanol–water partition coefficient (Wildman–Crippen LogP) is 3.41. The van der Waals surface area contributed by atoms with Crippen LogP contribution in [0.2, 0.25) is 0 Å². The van der Waals surface area contributed by atoms with Gasteiger partial charge in [0.1, 0.15) is 6.17 Å². The van der Waals surface area contributed by atoms with Crippen LogP contribution in [-0.4, -0.2) is 17.9 Å². The van der Waals surface area contributed by atoms with Crippen LogP contribution in [0.5, 0.6) is 11.5 Å². The van der Waals surface area contributed by atoms with E-state index >= 15 is 0 Å². The van der Waals surface area contributed by atoms with Crippen molar-refractivity contribution in [3.05, 3.63) is 23.3 Å². The number of halogens is 1. The third-order valence-corrected chi connectivity index (χ3v) is 3.97. The fraction of sp³-hybridized carbons (Fsp3) is 0.533. The first-order valence-corrected chi connectivity index (χ1v) is 6.85. The number of rotatable bonds is 5. The largest absolute Gasteiger partial charge is 0.481 e. The summed E-state index contributed by atoms with van der Waals surface area (Å²) in [6, 6.07) is 3.38. The monoisotopic (exact) mass is 280 g/mol. The van der Waals surface area contributed by atoms with E-state index in [0.29, 0.717) is 23.0 Å². The molecule has 3 rings (SSSR count). The van der Waals surface area contributed by atoms with Gasteiger partial charge in [0, 0.05) is 11.5 Å². The Morgan fingerprint density at radius 2 is 2.20 bits per heavy atom. The van der Waals surface area contributed by atoms with Crippen molar-refractivity contribution in [3.63, 3.8) is 0 Å². The Kier molecular flexibility index (Phi) is 3.28. The molecule has 4 nitrogen and oxygen atoms in total. The van der Waals surface area contributed by atoms with Gasteiger partial charge < -0.3 is 14.6 Å². The van der Waals surface area contributed by atoms with E-state index in [0.717, 1.165) is 18.4 Å². The fourth-order valence-corrected chi connectivity index (χ4v) is 2.78. The molecular formula is C15H17FO4. The van der Waals surface area contributed by atoms with Gasteiger partial charge >= 0.3 is 5.97 Å². The first kappa shape index (κ1) is 13.2. The molecule has 1 saturated carbocycles. The van der Waals surface area contributed by atoms with E-state index in [1.807, 2.05) is 0 Å². The van der Waals surface area contributed by atoms with Crippen LogP contribution in [0, 0.1) is 5.92 Å². The van der Waals surface area contributed by atoms with Crippen molar-refractivity contribution in [1.29, 1.82) is 0 Å². The highest BCUT2D eigenvalue weighted by Gasteiger charge is 2.37. The smallest absolute Gasteiger partial charge is 0.303 e. The Bertz CT molecular complexity index is 537. The zero-order chi connectivity index (χ0) is 14.3. The Morgan fingerprint density at radius 1 is 1.45 bits per heavy atom. The molecule has 0 amide bonds. The molecule has 1 aromatic rings. The van der Waals surface area contributed by atoms with Crippen LogP contribution in [0.15, 0.2) is 12.1 Å². The highest BCUT2D eigenvalue weighted by atomic mass is 19.1. The minimum atomic E-state index is -1.12. The molecule has 0 saturated heterocycles. The van der Waals surface area contributed by atoms with Crippen molar-refractivity contribution in [2.75, 3.05) is 6.79 Å². The molecule has 2 unspecified atom stereocenters. The molecule has 0 aromatic heterocycles. The van der Waals surface area contributed by atoms with Crippen LogP contribution in [0.1, 0.15) is 49.4 Å². The van der Waals surface area contributed by atoms with E-state index < -0.39 is 12.1 Å². The lowest BCUT2D eigenvalue weighted by Crippen LogP contribution is -2.10. The third-order valence-electron chi connectivity index (χ3n) is 3.97. The number of hydrogen-bond donors (Lipinski definition) is 1. The molecule has 0 spiro atoms. The molecule has 1 N–H and O–H groups in total. The average Bonchev–Trinajstić information content (AvgIpc) is 3.12. The minimum Gasteiger partial charge on any atom is -0.481 e. The third kappa shape index (κ3) is 2.44. The number of ether oxygens (including phenoxy) is 2. The van der Waals surface area contributed by atoms with Gasteiger partial charge in [0.15, 0.2) is 11.5 Å². The van der Waals surface area contributed by atoms with Crippen LogP contribution < -0.4 is 9.47 Å². The zero-order valence-electron chi connectivity index (χ0n) is 11.3. The number of carboxylic acids is 1. The van der Waals surface area contributed by atoms with E-state index in [2.05, 4.69) is 0 Å². The summed E-state index contributed by atoms with van der Waals surface area (Å²) in [7, 11) is 0. The number of benzene rings is 1. The van der Waals surface area contributed by atoms with Gasteiger partial charge in [0.05, 0.1) is 6.42 Å². The highest BCUT2D eigenvalue weighted by molar-refractivity contribution is 5.69. The zero-order valence-corrected chi connectivity index (χ0v) is 11.3. The molecule has 1 aliphatic heterocycles. The lowest BCUT2D eigenvalue weighted by Gasteiger charge is -2.18. The average molecular weight is 280 g/mol. The Labute approximate surface area is 116 Å². The molecule has 1 aromatic carbocycles. The molecule has 1 aliphatic carbocycles. The van der Waals surface area contributed by atoms with Crippen molar-refractivity contribution in [2.45, 2.75) is 38.3 Å². The predicted molar refractivity (Wildman–Crippen MR) is 69.8 cm³/mol. The molecule has 2 aliphatic rings. The molecular weight excluding hydrogens is 263 g/mol. The Balaban J connectivity index is 2.03. The lowest BCUT2D eigenvalue weighted by atomic mass is 9.88. The number of carboxylic acid groups (broad SMARTS) is 1. The fourth-order valence-electron chi connectivity index (χ4n) is 2.78. The summed E-state index contributed by atoms with van der Waals surface area (Å²) < 4.78 is 24.4. The Hall–Kier alpha value is -1.78. The standard InChI is InChI=1S/C15H17FO4/c1-8(16)10-4-12(15-13(5-10)19-7-20-15)11(6-14(17)18)9-2-3-9/h4-5,8-9,11H,2-3,6-7H2,1H3,(H,17,18). The van der Waals surface area contributed by atoms with Crippen LogP contribution in [0.25, 0.3) is 0 Å². The number of alkyl halides is 1. The number of hydrogen-bond acceptors (Lipinski definition) is 3. The molecule has 0 bridgehead atoms. The van der Waals surface area contributed by atoms with Crippen molar-refractivity contribution < 1.29 is 23.8 Å². The molecule has 20 heavy (non-hydrogen) atoms. The van der Waals surface area contributed by atoms with Crippen molar-refractivity contribution in [3.8, 4) is 11.5 Å². The van der Waals surface area contributed by atoms with E-state index in [9.17, 15) is 9.18 Å². The number of carbonyl (C=O) groups is 1. The van der Waals surface area contributed by atoms with E-state index in [1.165, 1.54) is 6.92 Å². The van der Waals surface area contributed by atoms with Gasteiger partial charge in [0.25, 0.3) is 0 Å². The second kappa shape index (κ2) is 4.96. The summed E-state index contributed by atoms with van der Waals surface area (Å²) in [5, 5.41) is 9.10. The molecule has 1 heterocycles. The SMILES string of the molecule is CC(F)c1cc2c(c(C(CC(=O)O)C3CC3)c1)OCO2. The first-order chi connectivity index (χ1) is 9.56. The van der Waals surface area contributed by atoms with Crippen LogP contribution in [-0.2, 0) is 4.79 Å². The maximum atomic E-state index is 13.6. The van der Waals surface area contributed by atoms with Crippen molar-refractivity contribution in [2.24, 2.45) is 5.92 Å². The second-order valence-electron chi connectivity index (χ2n) is 5.50. The molecule has 1 fully saturated rings. The molecule has 108 valence electrons. The number of aliphatic carboxylic acids is 1. The quantitative estimate of drug-likeness (QED) is 0.898. The van der Waals surface area contributed by atoms with Crippen LogP contribution in [0.4, 0.5) is 4.39 Å². The van der Waals surface area contributed by atoms with E-state index in [-0.39, 0.29) is 19.1 Å². The lowest BCUT2D eigenvalue weighted by molar-refractivity contribution is -0.137. The topological polar surface area (TPSA) is 55.8 Å². The molecule has 2 atom stereocenters. The highest BCUT2D eigenvalue weighted by Crippen LogP contribution is 2.51. The summed E-state index contributed by atoms with van der Waals surface area (Å²) >= 11 is 0. The second-order valence-corrected chi connectivity index (χ2v) is 5.50. The normalized spacial score (nSPS) is 19.7. The molecule has 5 heteroatoms. The van der Waals surface area contributed by atoms with Gasteiger partial charge in [-0.05, 0) is 43.4 Å². The van der Waals surface area contributed by atoms with Gasteiger partial charge in [-0.1, -0.05) is 0 Å². The minimum absolute atomic E-state index is 0.0462. The van der Waals surface area contributed by atoms with Crippen molar-refractivity contribution >= 4 is 5.97 Å².